The Morgan fingerprint density at radius 1 is 1.09 bits per heavy atom. The van der Waals surface area contributed by atoms with E-state index in [1.165, 1.54) is 4.90 Å². The van der Waals surface area contributed by atoms with Crippen molar-refractivity contribution in [3.8, 4) is 0 Å². The monoisotopic (exact) mass is 467 g/mol. The molecule has 2 aliphatic heterocycles. The molecule has 0 aliphatic carbocycles. The van der Waals surface area contributed by atoms with E-state index in [0.29, 0.717) is 23.2 Å². The summed E-state index contributed by atoms with van der Waals surface area (Å²) in [5.41, 5.74) is 2.33. The molecule has 1 fully saturated rings. The molecule has 0 radical (unpaired) electrons. The number of hydrogen-bond donors (Lipinski definition) is 3. The molecule has 34 heavy (non-hydrogen) atoms. The molecular formula is C24H25N3O7. The van der Waals surface area contributed by atoms with Crippen LogP contribution < -0.4 is 10.6 Å². The van der Waals surface area contributed by atoms with Crippen LogP contribution in [0.15, 0.2) is 48.5 Å². The maximum absolute atomic E-state index is 12.9. The molecular weight excluding hydrogens is 442 g/mol. The van der Waals surface area contributed by atoms with E-state index in [9.17, 15) is 24.3 Å². The van der Waals surface area contributed by atoms with E-state index in [1.807, 2.05) is 30.3 Å². The molecule has 2 aromatic rings. The number of rotatable bonds is 8. The minimum Gasteiger partial charge on any atom is -0.459 e. The van der Waals surface area contributed by atoms with Crippen molar-refractivity contribution >= 4 is 29.4 Å². The van der Waals surface area contributed by atoms with Gasteiger partial charge in [-0.05, 0) is 24.1 Å². The third-order valence-electron chi connectivity index (χ3n) is 5.71. The zero-order valence-corrected chi connectivity index (χ0v) is 18.4. The summed E-state index contributed by atoms with van der Waals surface area (Å²) in [6.07, 6.45) is -0.577. The number of benzene rings is 2. The van der Waals surface area contributed by atoms with Crippen molar-refractivity contribution < 1.29 is 33.8 Å². The lowest BCUT2D eigenvalue weighted by atomic mass is 10.0. The van der Waals surface area contributed by atoms with Crippen LogP contribution in [0.1, 0.15) is 34.3 Å². The van der Waals surface area contributed by atoms with Gasteiger partial charge in [0.1, 0.15) is 26.0 Å². The molecule has 10 nitrogen and oxygen atoms in total. The summed E-state index contributed by atoms with van der Waals surface area (Å²) < 4.78 is 10.3. The van der Waals surface area contributed by atoms with Crippen molar-refractivity contribution in [1.29, 1.82) is 0 Å². The molecule has 2 aromatic carbocycles. The van der Waals surface area contributed by atoms with E-state index in [-0.39, 0.29) is 44.6 Å². The van der Waals surface area contributed by atoms with Crippen molar-refractivity contribution in [3.05, 3.63) is 65.2 Å². The number of esters is 1. The van der Waals surface area contributed by atoms with Gasteiger partial charge in [0.25, 0.3) is 5.91 Å². The fourth-order valence-corrected chi connectivity index (χ4v) is 4.03. The number of anilines is 1. The normalized spacial score (nSPS) is 19.4. The van der Waals surface area contributed by atoms with Gasteiger partial charge in [-0.3, -0.25) is 14.4 Å². The van der Waals surface area contributed by atoms with Gasteiger partial charge in [-0.1, -0.05) is 36.4 Å². The predicted octanol–water partition coefficient (Wildman–Crippen LogP) is 0.938. The van der Waals surface area contributed by atoms with Crippen LogP contribution in [-0.2, 0) is 37.0 Å². The summed E-state index contributed by atoms with van der Waals surface area (Å²) in [6, 6.07) is 13.6. The Bertz CT molecular complexity index is 1090. The van der Waals surface area contributed by atoms with Gasteiger partial charge in [0, 0.05) is 29.8 Å². The van der Waals surface area contributed by atoms with Gasteiger partial charge in [-0.2, -0.15) is 0 Å². The lowest BCUT2D eigenvalue weighted by molar-refractivity contribution is -0.150. The second kappa shape index (κ2) is 10.4. The van der Waals surface area contributed by atoms with E-state index in [0.717, 1.165) is 5.56 Å². The number of piperidine rings is 1. The number of aliphatic hydroxyl groups excluding tert-OH is 1. The molecule has 0 aromatic heterocycles. The molecule has 0 saturated carbocycles. The van der Waals surface area contributed by atoms with Gasteiger partial charge >= 0.3 is 5.97 Å². The summed E-state index contributed by atoms with van der Waals surface area (Å²) in [6.45, 7) is -0.427. The van der Waals surface area contributed by atoms with Gasteiger partial charge in [0.05, 0.1) is 6.04 Å². The summed E-state index contributed by atoms with van der Waals surface area (Å²) in [4.78, 5) is 50.0. The Morgan fingerprint density at radius 3 is 2.65 bits per heavy atom. The second-order valence-corrected chi connectivity index (χ2v) is 8.07. The Labute approximate surface area is 195 Å². The number of aliphatic hydroxyl groups is 1. The number of fused-ring (bicyclic) bond motifs is 1. The molecule has 178 valence electrons. The first-order valence-electron chi connectivity index (χ1n) is 10.9. The fourth-order valence-electron chi connectivity index (χ4n) is 4.03. The number of amides is 3. The minimum atomic E-state index is -1.15. The second-order valence-electron chi connectivity index (χ2n) is 8.07. The summed E-state index contributed by atoms with van der Waals surface area (Å²) in [7, 11) is 0. The highest BCUT2D eigenvalue weighted by atomic mass is 16.6. The van der Waals surface area contributed by atoms with Crippen LogP contribution >= 0.6 is 0 Å². The smallest absolute Gasteiger partial charge is 0.332 e. The SMILES string of the molecule is O=C(COCC(=O)OCc1ccccc1)Nc1cccc2c1CN(C1CCC(=O)NC1O)C2=O. The van der Waals surface area contributed by atoms with Crippen LogP contribution in [0.3, 0.4) is 0 Å². The zero-order chi connectivity index (χ0) is 24.1. The van der Waals surface area contributed by atoms with Crippen molar-refractivity contribution in [2.24, 2.45) is 0 Å². The quantitative estimate of drug-likeness (QED) is 0.492. The van der Waals surface area contributed by atoms with E-state index >= 15 is 0 Å². The molecule has 2 unspecified atom stereocenters. The van der Waals surface area contributed by atoms with Crippen LogP contribution in [-0.4, -0.2) is 59.2 Å². The van der Waals surface area contributed by atoms with Crippen LogP contribution in [0, 0.1) is 0 Å². The van der Waals surface area contributed by atoms with Crippen LogP contribution in [0.4, 0.5) is 5.69 Å². The van der Waals surface area contributed by atoms with E-state index < -0.39 is 24.1 Å². The van der Waals surface area contributed by atoms with Crippen LogP contribution in [0.5, 0.6) is 0 Å². The highest BCUT2D eigenvalue weighted by Gasteiger charge is 2.39. The third-order valence-corrected chi connectivity index (χ3v) is 5.71. The van der Waals surface area contributed by atoms with E-state index in [1.54, 1.807) is 18.2 Å². The summed E-state index contributed by atoms with van der Waals surface area (Å²) >= 11 is 0. The van der Waals surface area contributed by atoms with Gasteiger partial charge in [0.15, 0.2) is 0 Å². The predicted molar refractivity (Wildman–Crippen MR) is 119 cm³/mol. The first-order chi connectivity index (χ1) is 16.4. The van der Waals surface area contributed by atoms with Crippen molar-refractivity contribution in [3.63, 3.8) is 0 Å². The number of nitrogens with zero attached hydrogens (tertiary/aromatic N) is 1. The van der Waals surface area contributed by atoms with E-state index in [4.69, 9.17) is 9.47 Å². The highest BCUT2D eigenvalue weighted by Crippen LogP contribution is 2.32. The Morgan fingerprint density at radius 2 is 1.88 bits per heavy atom. The maximum Gasteiger partial charge on any atom is 0.332 e. The molecule has 0 spiro atoms. The lowest BCUT2D eigenvalue weighted by Crippen LogP contribution is -2.55. The molecule has 3 amide bonds. The molecule has 2 atom stereocenters. The van der Waals surface area contributed by atoms with E-state index in [2.05, 4.69) is 10.6 Å². The fraction of sp³-hybridized carbons (Fsp3) is 0.333. The van der Waals surface area contributed by atoms with Gasteiger partial charge in [0.2, 0.25) is 11.8 Å². The van der Waals surface area contributed by atoms with Gasteiger partial charge < -0.3 is 30.1 Å². The van der Waals surface area contributed by atoms with Crippen molar-refractivity contribution in [1.82, 2.24) is 10.2 Å². The Balaban J connectivity index is 1.28. The number of ether oxygens (including phenoxy) is 2. The Hall–Kier alpha value is -3.76. The molecule has 3 N–H and O–H groups in total. The standard InChI is InChI=1S/C24H25N3O7/c28-20-10-9-19(23(31)26-20)27-11-17-16(24(27)32)7-4-8-18(17)25-21(29)13-33-14-22(30)34-12-15-5-2-1-3-6-15/h1-8,19,23,31H,9-14H2,(H,25,29)(H,26,28). The number of hydrogen-bond acceptors (Lipinski definition) is 7. The summed E-state index contributed by atoms with van der Waals surface area (Å²) in [5.74, 6) is -1.61. The number of carbonyl (C=O) groups is 4. The first-order valence-corrected chi connectivity index (χ1v) is 10.9. The minimum absolute atomic E-state index is 0.120. The average Bonchev–Trinajstić information content (AvgIpc) is 3.16. The van der Waals surface area contributed by atoms with Crippen molar-refractivity contribution in [2.75, 3.05) is 18.5 Å². The van der Waals surface area contributed by atoms with Crippen LogP contribution in [0.25, 0.3) is 0 Å². The molecule has 0 bridgehead atoms. The molecule has 2 heterocycles. The lowest BCUT2D eigenvalue weighted by Gasteiger charge is -2.35. The molecule has 1 saturated heterocycles. The highest BCUT2D eigenvalue weighted by molar-refractivity contribution is 6.02. The number of nitrogens with one attached hydrogen (secondary N) is 2. The van der Waals surface area contributed by atoms with Gasteiger partial charge in [-0.15, -0.1) is 0 Å². The maximum atomic E-state index is 12.9. The zero-order valence-electron chi connectivity index (χ0n) is 18.4. The first kappa shape index (κ1) is 23.4. The largest absolute Gasteiger partial charge is 0.459 e. The summed E-state index contributed by atoms with van der Waals surface area (Å²) in [5, 5.41) is 15.4. The van der Waals surface area contributed by atoms with Gasteiger partial charge in [-0.25, -0.2) is 4.79 Å². The number of carbonyl (C=O) groups excluding carboxylic acids is 4. The third kappa shape index (κ3) is 5.41. The average molecular weight is 467 g/mol. The molecule has 4 rings (SSSR count). The van der Waals surface area contributed by atoms with Crippen molar-refractivity contribution in [2.45, 2.75) is 38.3 Å². The molecule has 2 aliphatic rings. The molecule has 10 heteroatoms. The Kier molecular flexibility index (Phi) is 7.19. The van der Waals surface area contributed by atoms with Crippen LogP contribution in [0.2, 0.25) is 0 Å². The topological polar surface area (TPSA) is 134 Å².